The third-order valence-corrected chi connectivity index (χ3v) is 12.3. The zero-order chi connectivity index (χ0) is 31.7. The van der Waals surface area contributed by atoms with Crippen LogP contribution in [-0.4, -0.2) is 75.0 Å². The third kappa shape index (κ3) is 6.97. The van der Waals surface area contributed by atoms with E-state index < -0.39 is 11.0 Å². The molecule has 2 aromatic heterocycles. The fraction of sp³-hybridized carbons (Fsp3) is 0.500. The second-order valence-corrected chi connectivity index (χ2v) is 16.3. The van der Waals surface area contributed by atoms with Crippen LogP contribution in [0.3, 0.4) is 0 Å². The van der Waals surface area contributed by atoms with Crippen LogP contribution in [0.25, 0.3) is 10.4 Å². The lowest BCUT2D eigenvalue weighted by Crippen LogP contribution is -2.55. The molecule has 0 radical (unpaired) electrons. The number of ketones is 1. The van der Waals surface area contributed by atoms with E-state index in [1.54, 1.807) is 24.5 Å². The van der Waals surface area contributed by atoms with Gasteiger partial charge in [0.2, 0.25) is 0 Å². The normalized spacial score (nSPS) is 21.7. The number of pyridine rings is 1. The molecule has 2 unspecified atom stereocenters. The van der Waals surface area contributed by atoms with Crippen molar-refractivity contribution in [1.29, 1.82) is 0 Å². The maximum Gasteiger partial charge on any atom is 0.171 e. The van der Waals surface area contributed by atoms with Gasteiger partial charge in [-0.1, -0.05) is 56.2 Å². The highest BCUT2D eigenvalue weighted by atomic mass is 32.2. The second kappa shape index (κ2) is 13.5. The van der Waals surface area contributed by atoms with Crippen molar-refractivity contribution in [2.45, 2.75) is 76.3 Å². The van der Waals surface area contributed by atoms with Crippen LogP contribution in [0.15, 0.2) is 71.9 Å². The molecule has 7 nitrogen and oxygen atoms in total. The summed E-state index contributed by atoms with van der Waals surface area (Å²) in [5, 5.41) is 0. The number of nitrogens with zero attached hydrogens (tertiary/aromatic N) is 5. The highest BCUT2D eigenvalue weighted by Crippen LogP contribution is 2.43. The Morgan fingerprint density at radius 3 is 2.33 bits per heavy atom. The summed E-state index contributed by atoms with van der Waals surface area (Å²) in [6.07, 6.45) is 7.75. The van der Waals surface area contributed by atoms with Crippen LogP contribution in [0.2, 0.25) is 0 Å². The Balaban J connectivity index is 1.23. The van der Waals surface area contributed by atoms with Crippen LogP contribution >= 0.6 is 11.3 Å². The Morgan fingerprint density at radius 2 is 1.71 bits per heavy atom. The van der Waals surface area contributed by atoms with Crippen molar-refractivity contribution in [1.82, 2.24) is 14.2 Å². The maximum absolute atomic E-state index is 14.1. The topological polar surface area (TPSA) is 60.0 Å². The smallest absolute Gasteiger partial charge is 0.171 e. The van der Waals surface area contributed by atoms with Gasteiger partial charge in [0.25, 0.3) is 0 Å². The van der Waals surface area contributed by atoms with Crippen molar-refractivity contribution in [3.8, 4) is 10.4 Å². The zero-order valence-electron chi connectivity index (χ0n) is 27.2. The highest BCUT2D eigenvalue weighted by molar-refractivity contribution is 7.82. The molecular weight excluding hydrogens is 599 g/mol. The molecule has 240 valence electrons. The van der Waals surface area contributed by atoms with Gasteiger partial charge in [-0.15, -0.1) is 11.3 Å². The van der Waals surface area contributed by atoms with Crippen molar-refractivity contribution in [2.24, 2.45) is 5.92 Å². The number of benzene rings is 1. The Kier molecular flexibility index (Phi) is 9.62. The number of thiophene rings is 1. The van der Waals surface area contributed by atoms with Crippen LogP contribution in [0.5, 0.6) is 0 Å². The van der Waals surface area contributed by atoms with Crippen LogP contribution < -0.4 is 9.80 Å². The summed E-state index contributed by atoms with van der Waals surface area (Å²) in [4.78, 5) is 27.5. The molecule has 0 N–H and O–H groups in total. The summed E-state index contributed by atoms with van der Waals surface area (Å²) < 4.78 is 16.2. The highest BCUT2D eigenvalue weighted by Gasteiger charge is 2.40. The molecular formula is C36H47N5O2S2. The summed E-state index contributed by atoms with van der Waals surface area (Å²) >= 11 is 1.56. The van der Waals surface area contributed by atoms with Crippen LogP contribution in [-0.2, 0) is 11.0 Å². The minimum absolute atomic E-state index is 0.0735. The van der Waals surface area contributed by atoms with Crippen molar-refractivity contribution >= 4 is 39.6 Å². The van der Waals surface area contributed by atoms with Crippen molar-refractivity contribution in [3.05, 3.63) is 71.9 Å². The van der Waals surface area contributed by atoms with Gasteiger partial charge in [-0.05, 0) is 63.3 Å². The number of hydrogen-bond donors (Lipinski definition) is 0. The lowest BCUT2D eigenvalue weighted by atomic mass is 9.82. The molecule has 1 aliphatic carbocycles. The average molecular weight is 646 g/mol. The Bertz CT molecular complexity index is 1520. The third-order valence-electron chi connectivity index (χ3n) is 9.68. The first-order valence-electron chi connectivity index (χ1n) is 16.4. The fourth-order valence-corrected chi connectivity index (χ4v) is 9.43. The predicted molar refractivity (Wildman–Crippen MR) is 187 cm³/mol. The molecule has 45 heavy (non-hydrogen) atoms. The van der Waals surface area contributed by atoms with Crippen LogP contribution in [0, 0.1) is 5.92 Å². The van der Waals surface area contributed by atoms with Gasteiger partial charge in [0.05, 0.1) is 28.0 Å². The van der Waals surface area contributed by atoms with Crippen LogP contribution in [0.1, 0.15) is 69.5 Å². The van der Waals surface area contributed by atoms with Gasteiger partial charge >= 0.3 is 0 Å². The van der Waals surface area contributed by atoms with Gasteiger partial charge in [0.15, 0.2) is 5.78 Å². The molecule has 1 saturated carbocycles. The van der Waals surface area contributed by atoms with Gasteiger partial charge in [0, 0.05) is 62.0 Å². The van der Waals surface area contributed by atoms with E-state index >= 15 is 0 Å². The molecule has 0 bridgehead atoms. The number of aromatic nitrogens is 1. The molecule has 0 spiro atoms. The van der Waals surface area contributed by atoms with E-state index in [-0.39, 0.29) is 17.4 Å². The SMILES string of the molecule is C=C1CN(S(=O)c2ccc(N3CCN(C(C)(C)C)CC3)nc2)CC(C2CCCCC2)N1c1cc(-c2ccccc2)sc1C(C)=O. The van der Waals surface area contributed by atoms with E-state index in [4.69, 9.17) is 4.98 Å². The Labute approximate surface area is 275 Å². The summed E-state index contributed by atoms with van der Waals surface area (Å²) in [5.74, 6) is 1.47. The van der Waals surface area contributed by atoms with Gasteiger partial charge < -0.3 is 9.80 Å². The summed E-state index contributed by atoms with van der Waals surface area (Å²) in [6, 6.07) is 16.6. The van der Waals surface area contributed by atoms with Crippen LogP contribution in [0.4, 0.5) is 11.5 Å². The Hall–Kier alpha value is -2.85. The standard InChI is InChI=1S/C36H47N5O2S2/c1-26-24-40(45(43)30-16-17-34(37-23-30)38-18-20-39(21-19-38)36(3,4)5)25-32(28-12-8-6-9-13-28)41(26)31-22-33(44-35(31)27(2)42)29-14-10-7-11-15-29/h7,10-11,14-17,22-23,28,32H,1,6,8-9,12-13,18-21,24-25H2,2-5H3. The minimum atomic E-state index is -1.36. The Morgan fingerprint density at radius 1 is 1.00 bits per heavy atom. The van der Waals surface area contributed by atoms with Gasteiger partial charge in [-0.3, -0.25) is 9.69 Å². The van der Waals surface area contributed by atoms with Gasteiger partial charge in [-0.25, -0.2) is 13.5 Å². The summed E-state index contributed by atoms with van der Waals surface area (Å²) in [6.45, 7) is 18.0. The summed E-state index contributed by atoms with van der Waals surface area (Å²) in [7, 11) is -1.36. The zero-order valence-corrected chi connectivity index (χ0v) is 28.8. The first-order chi connectivity index (χ1) is 21.6. The van der Waals surface area contributed by atoms with Crippen molar-refractivity contribution in [3.63, 3.8) is 0 Å². The molecule has 1 aromatic carbocycles. The molecule has 3 aromatic rings. The number of carbonyl (C=O) groups is 1. The van der Waals surface area contributed by atoms with E-state index in [0.717, 1.165) is 76.4 Å². The fourth-order valence-electron chi connectivity index (χ4n) is 7.20. The number of anilines is 2. The van der Waals surface area contributed by atoms with E-state index in [1.807, 2.05) is 30.3 Å². The lowest BCUT2D eigenvalue weighted by molar-refractivity contribution is 0.102. The lowest BCUT2D eigenvalue weighted by Gasteiger charge is -2.47. The number of rotatable bonds is 7. The molecule has 6 rings (SSSR count). The molecule has 0 amide bonds. The van der Waals surface area contributed by atoms with Gasteiger partial charge in [0.1, 0.15) is 16.8 Å². The average Bonchev–Trinajstić information content (AvgIpc) is 3.50. The quantitative estimate of drug-likeness (QED) is 0.253. The van der Waals surface area contributed by atoms with E-state index in [2.05, 4.69) is 64.6 Å². The number of piperazine rings is 2. The maximum atomic E-state index is 14.1. The van der Waals surface area contributed by atoms with E-state index in [9.17, 15) is 9.00 Å². The number of Topliss-reactive ketones (excluding diaryl/α,β-unsaturated/α-hetero) is 1. The molecule has 9 heteroatoms. The number of hydrogen-bond acceptors (Lipinski definition) is 7. The van der Waals surface area contributed by atoms with Crippen molar-refractivity contribution in [2.75, 3.05) is 49.1 Å². The predicted octanol–water partition coefficient (Wildman–Crippen LogP) is 7.24. The first-order valence-corrected chi connectivity index (χ1v) is 18.3. The van der Waals surface area contributed by atoms with E-state index in [0.29, 0.717) is 19.0 Å². The molecule has 2 saturated heterocycles. The molecule has 3 fully saturated rings. The monoisotopic (exact) mass is 645 g/mol. The largest absolute Gasteiger partial charge is 0.354 e. The molecule has 2 atom stereocenters. The van der Waals surface area contributed by atoms with Gasteiger partial charge in [-0.2, -0.15) is 0 Å². The molecule has 3 aliphatic rings. The number of carbonyl (C=O) groups excluding carboxylic acids is 1. The minimum Gasteiger partial charge on any atom is -0.354 e. The molecule has 2 aliphatic heterocycles. The summed E-state index contributed by atoms with van der Waals surface area (Å²) in [5.41, 5.74) is 3.13. The van der Waals surface area contributed by atoms with Crippen molar-refractivity contribution < 1.29 is 9.00 Å². The van der Waals surface area contributed by atoms with E-state index in [1.165, 1.54) is 19.3 Å². The first kappa shape index (κ1) is 32.1. The molecule has 4 heterocycles. The second-order valence-electron chi connectivity index (χ2n) is 13.7.